The zero-order valence-electron chi connectivity index (χ0n) is 6.77. The first kappa shape index (κ1) is 9.38. The summed E-state index contributed by atoms with van der Waals surface area (Å²) >= 11 is 0. The SMILES string of the molecule is O=C(O)CC=Cc1cccnc1F. The summed E-state index contributed by atoms with van der Waals surface area (Å²) < 4.78 is 12.8. The van der Waals surface area contributed by atoms with E-state index in [1.165, 1.54) is 24.4 Å². The number of aliphatic carboxylic acids is 1. The molecule has 0 amide bonds. The quantitative estimate of drug-likeness (QED) is 0.722. The molecule has 0 radical (unpaired) electrons. The Morgan fingerprint density at radius 1 is 1.69 bits per heavy atom. The van der Waals surface area contributed by atoms with E-state index in [1.54, 1.807) is 6.07 Å². The van der Waals surface area contributed by atoms with Crippen LogP contribution in [0.1, 0.15) is 12.0 Å². The fraction of sp³-hybridized carbons (Fsp3) is 0.111. The van der Waals surface area contributed by atoms with Crippen molar-refractivity contribution in [2.45, 2.75) is 6.42 Å². The van der Waals surface area contributed by atoms with Crippen molar-refractivity contribution < 1.29 is 14.3 Å². The maximum Gasteiger partial charge on any atom is 0.307 e. The molecule has 1 aromatic heterocycles. The van der Waals surface area contributed by atoms with Gasteiger partial charge in [0.2, 0.25) is 5.95 Å². The molecular formula is C9H8FNO2. The lowest BCUT2D eigenvalue weighted by molar-refractivity contribution is -0.135. The van der Waals surface area contributed by atoms with Crippen molar-refractivity contribution in [1.82, 2.24) is 4.98 Å². The first-order valence-electron chi connectivity index (χ1n) is 3.69. The zero-order chi connectivity index (χ0) is 9.68. The Bertz CT molecular complexity index is 336. The zero-order valence-corrected chi connectivity index (χ0v) is 6.77. The van der Waals surface area contributed by atoms with Gasteiger partial charge in [-0.2, -0.15) is 4.39 Å². The Morgan fingerprint density at radius 2 is 2.46 bits per heavy atom. The molecule has 13 heavy (non-hydrogen) atoms. The number of carboxylic acids is 1. The van der Waals surface area contributed by atoms with E-state index in [9.17, 15) is 9.18 Å². The molecule has 0 atom stereocenters. The van der Waals surface area contributed by atoms with Crippen LogP contribution < -0.4 is 0 Å². The van der Waals surface area contributed by atoms with E-state index in [0.29, 0.717) is 5.56 Å². The molecule has 0 fully saturated rings. The van der Waals surface area contributed by atoms with Gasteiger partial charge in [0, 0.05) is 11.8 Å². The number of hydrogen-bond donors (Lipinski definition) is 1. The van der Waals surface area contributed by atoms with Gasteiger partial charge in [-0.25, -0.2) is 4.98 Å². The molecule has 0 unspecified atom stereocenters. The summed E-state index contributed by atoms with van der Waals surface area (Å²) in [4.78, 5) is 13.5. The number of carbonyl (C=O) groups is 1. The molecule has 3 nitrogen and oxygen atoms in total. The van der Waals surface area contributed by atoms with E-state index >= 15 is 0 Å². The monoisotopic (exact) mass is 181 g/mol. The van der Waals surface area contributed by atoms with Crippen LogP contribution in [0.4, 0.5) is 4.39 Å². The predicted octanol–water partition coefficient (Wildman–Crippen LogP) is 1.71. The van der Waals surface area contributed by atoms with Crippen LogP contribution in [0.2, 0.25) is 0 Å². The van der Waals surface area contributed by atoms with E-state index < -0.39 is 11.9 Å². The number of rotatable bonds is 3. The van der Waals surface area contributed by atoms with Crippen molar-refractivity contribution in [2.75, 3.05) is 0 Å². The van der Waals surface area contributed by atoms with Gasteiger partial charge in [-0.15, -0.1) is 0 Å². The Balaban J connectivity index is 2.68. The average Bonchev–Trinajstić information content (AvgIpc) is 2.08. The predicted molar refractivity (Wildman–Crippen MR) is 45.5 cm³/mol. The highest BCUT2D eigenvalue weighted by molar-refractivity contribution is 5.70. The third-order valence-corrected chi connectivity index (χ3v) is 1.38. The summed E-state index contributed by atoms with van der Waals surface area (Å²) in [6.45, 7) is 0. The lowest BCUT2D eigenvalue weighted by Gasteiger charge is -1.92. The van der Waals surface area contributed by atoms with Crippen LogP contribution in [0, 0.1) is 5.95 Å². The van der Waals surface area contributed by atoms with E-state index in [4.69, 9.17) is 5.11 Å². The minimum atomic E-state index is -0.944. The number of aromatic nitrogens is 1. The van der Waals surface area contributed by atoms with Gasteiger partial charge >= 0.3 is 5.97 Å². The fourth-order valence-electron chi connectivity index (χ4n) is 0.810. The molecule has 0 aliphatic rings. The number of hydrogen-bond acceptors (Lipinski definition) is 2. The second-order valence-corrected chi connectivity index (χ2v) is 2.38. The average molecular weight is 181 g/mol. The largest absolute Gasteiger partial charge is 0.481 e. The smallest absolute Gasteiger partial charge is 0.307 e. The number of halogens is 1. The summed E-state index contributed by atoms with van der Waals surface area (Å²) in [5.74, 6) is -1.54. The van der Waals surface area contributed by atoms with E-state index in [0.717, 1.165) is 0 Å². The first-order chi connectivity index (χ1) is 6.20. The minimum Gasteiger partial charge on any atom is -0.481 e. The van der Waals surface area contributed by atoms with Crippen LogP contribution >= 0.6 is 0 Å². The Labute approximate surface area is 74.5 Å². The molecule has 1 N–H and O–H groups in total. The van der Waals surface area contributed by atoms with Crippen LogP contribution in [0.15, 0.2) is 24.4 Å². The fourth-order valence-corrected chi connectivity index (χ4v) is 0.810. The molecule has 68 valence electrons. The number of nitrogens with zero attached hydrogens (tertiary/aromatic N) is 1. The van der Waals surface area contributed by atoms with Gasteiger partial charge < -0.3 is 5.11 Å². The van der Waals surface area contributed by atoms with Crippen LogP contribution in [-0.2, 0) is 4.79 Å². The molecule has 0 aromatic carbocycles. The Morgan fingerprint density at radius 3 is 3.08 bits per heavy atom. The molecular weight excluding hydrogens is 173 g/mol. The van der Waals surface area contributed by atoms with Crippen molar-refractivity contribution in [3.63, 3.8) is 0 Å². The third kappa shape index (κ3) is 3.02. The number of carboxylic acid groups (broad SMARTS) is 1. The Hall–Kier alpha value is -1.71. The van der Waals surface area contributed by atoms with Crippen LogP contribution in [0.5, 0.6) is 0 Å². The van der Waals surface area contributed by atoms with Crippen molar-refractivity contribution in [2.24, 2.45) is 0 Å². The highest BCUT2D eigenvalue weighted by Gasteiger charge is 1.96. The normalized spacial score (nSPS) is 10.5. The van der Waals surface area contributed by atoms with Gasteiger partial charge in [0.1, 0.15) is 0 Å². The summed E-state index contributed by atoms with van der Waals surface area (Å²) in [5.41, 5.74) is 0.295. The molecule has 0 saturated heterocycles. The minimum absolute atomic E-state index is 0.117. The van der Waals surface area contributed by atoms with Gasteiger partial charge in [0.05, 0.1) is 6.42 Å². The van der Waals surface area contributed by atoms with Crippen LogP contribution in [0.25, 0.3) is 6.08 Å². The topological polar surface area (TPSA) is 50.2 Å². The lowest BCUT2D eigenvalue weighted by Crippen LogP contribution is -1.90. The van der Waals surface area contributed by atoms with Gasteiger partial charge in [-0.3, -0.25) is 4.79 Å². The maximum absolute atomic E-state index is 12.8. The van der Waals surface area contributed by atoms with Crippen molar-refractivity contribution in [3.8, 4) is 0 Å². The molecule has 0 spiro atoms. The van der Waals surface area contributed by atoms with E-state index in [-0.39, 0.29) is 6.42 Å². The van der Waals surface area contributed by atoms with Crippen molar-refractivity contribution in [1.29, 1.82) is 0 Å². The third-order valence-electron chi connectivity index (χ3n) is 1.38. The molecule has 1 heterocycles. The van der Waals surface area contributed by atoms with E-state index in [2.05, 4.69) is 4.98 Å². The summed E-state index contributed by atoms with van der Waals surface area (Å²) in [6, 6.07) is 3.12. The second kappa shape index (κ2) is 4.35. The number of pyridine rings is 1. The first-order valence-corrected chi connectivity index (χ1v) is 3.69. The van der Waals surface area contributed by atoms with E-state index in [1.807, 2.05) is 0 Å². The maximum atomic E-state index is 12.8. The van der Waals surface area contributed by atoms with Crippen molar-refractivity contribution >= 4 is 12.0 Å². The molecule has 1 aromatic rings. The summed E-state index contributed by atoms with van der Waals surface area (Å²) in [7, 11) is 0. The van der Waals surface area contributed by atoms with Gasteiger partial charge in [0.15, 0.2) is 0 Å². The molecule has 0 bridgehead atoms. The summed E-state index contributed by atoms with van der Waals surface area (Å²) in [5, 5.41) is 8.30. The molecule has 1 rings (SSSR count). The Kier molecular flexibility index (Phi) is 3.14. The van der Waals surface area contributed by atoms with Gasteiger partial charge in [-0.05, 0) is 12.1 Å². The molecule has 0 aliphatic carbocycles. The second-order valence-electron chi connectivity index (χ2n) is 2.38. The van der Waals surface area contributed by atoms with Crippen molar-refractivity contribution in [3.05, 3.63) is 35.9 Å². The molecule has 0 saturated carbocycles. The van der Waals surface area contributed by atoms with Gasteiger partial charge in [-0.1, -0.05) is 12.2 Å². The van der Waals surface area contributed by atoms with Gasteiger partial charge in [0.25, 0.3) is 0 Å². The molecule has 0 aliphatic heterocycles. The van der Waals surface area contributed by atoms with Crippen LogP contribution in [0.3, 0.4) is 0 Å². The standard InChI is InChI=1S/C9H8FNO2/c10-9-7(4-2-6-11-9)3-1-5-8(12)13/h1-4,6H,5H2,(H,12,13). The highest BCUT2D eigenvalue weighted by atomic mass is 19.1. The molecule has 4 heteroatoms. The lowest BCUT2D eigenvalue weighted by atomic mass is 10.2. The van der Waals surface area contributed by atoms with Crippen LogP contribution in [-0.4, -0.2) is 16.1 Å². The summed E-state index contributed by atoms with van der Waals surface area (Å²) in [6.07, 6.45) is 4.00. The highest BCUT2D eigenvalue weighted by Crippen LogP contribution is 2.05.